The van der Waals surface area contributed by atoms with Gasteiger partial charge < -0.3 is 5.32 Å². The SMILES string of the molecule is Brc1ccc(C2CC(NC3CCCCCC3)C2)cc1. The minimum absolute atomic E-state index is 0.775. The van der Waals surface area contributed by atoms with Gasteiger partial charge in [-0.15, -0.1) is 0 Å². The van der Waals surface area contributed by atoms with Gasteiger partial charge in [-0.3, -0.25) is 0 Å². The van der Waals surface area contributed by atoms with Crippen molar-refractivity contribution < 1.29 is 0 Å². The van der Waals surface area contributed by atoms with Crippen molar-refractivity contribution in [1.29, 1.82) is 0 Å². The molecule has 0 aliphatic heterocycles. The summed E-state index contributed by atoms with van der Waals surface area (Å²) in [4.78, 5) is 0. The van der Waals surface area contributed by atoms with Crippen LogP contribution in [0.15, 0.2) is 28.7 Å². The lowest BCUT2D eigenvalue weighted by molar-refractivity contribution is 0.254. The fraction of sp³-hybridized carbons (Fsp3) is 0.647. The smallest absolute Gasteiger partial charge is 0.0175 e. The van der Waals surface area contributed by atoms with E-state index in [4.69, 9.17) is 0 Å². The topological polar surface area (TPSA) is 12.0 Å². The summed E-state index contributed by atoms with van der Waals surface area (Å²) in [5, 5.41) is 3.90. The molecule has 0 amide bonds. The van der Waals surface area contributed by atoms with Crippen molar-refractivity contribution in [2.24, 2.45) is 0 Å². The van der Waals surface area contributed by atoms with E-state index in [1.54, 1.807) is 0 Å². The van der Waals surface area contributed by atoms with E-state index in [0.29, 0.717) is 0 Å². The zero-order valence-corrected chi connectivity index (χ0v) is 13.2. The summed E-state index contributed by atoms with van der Waals surface area (Å²) >= 11 is 3.51. The molecular weight excluding hydrogens is 298 g/mol. The van der Waals surface area contributed by atoms with Crippen molar-refractivity contribution in [3.63, 3.8) is 0 Å². The minimum Gasteiger partial charge on any atom is -0.311 e. The molecule has 2 fully saturated rings. The highest BCUT2D eigenvalue weighted by Crippen LogP contribution is 2.38. The van der Waals surface area contributed by atoms with Gasteiger partial charge in [-0.2, -0.15) is 0 Å². The highest BCUT2D eigenvalue weighted by Gasteiger charge is 2.31. The third-order valence-electron chi connectivity index (χ3n) is 4.81. The molecule has 0 atom stereocenters. The van der Waals surface area contributed by atoms with Crippen molar-refractivity contribution in [3.8, 4) is 0 Å². The largest absolute Gasteiger partial charge is 0.311 e. The molecule has 2 heteroatoms. The molecule has 0 saturated heterocycles. The van der Waals surface area contributed by atoms with E-state index in [0.717, 1.165) is 18.0 Å². The number of nitrogens with one attached hydrogen (secondary N) is 1. The first-order valence-electron chi connectivity index (χ1n) is 7.83. The van der Waals surface area contributed by atoms with Crippen molar-refractivity contribution >= 4 is 15.9 Å². The van der Waals surface area contributed by atoms with Crippen LogP contribution in [0.25, 0.3) is 0 Å². The maximum atomic E-state index is 3.90. The Morgan fingerprint density at radius 2 is 1.47 bits per heavy atom. The molecule has 0 heterocycles. The molecule has 0 aromatic heterocycles. The molecule has 1 aromatic carbocycles. The maximum absolute atomic E-state index is 3.90. The summed E-state index contributed by atoms with van der Waals surface area (Å²) in [5.74, 6) is 0.788. The highest BCUT2D eigenvalue weighted by atomic mass is 79.9. The van der Waals surface area contributed by atoms with Gasteiger partial charge in [0.2, 0.25) is 0 Å². The van der Waals surface area contributed by atoms with E-state index < -0.39 is 0 Å². The van der Waals surface area contributed by atoms with Crippen LogP contribution < -0.4 is 5.32 Å². The van der Waals surface area contributed by atoms with Crippen LogP contribution in [-0.2, 0) is 0 Å². The van der Waals surface area contributed by atoms with Crippen LogP contribution >= 0.6 is 15.9 Å². The summed E-state index contributed by atoms with van der Waals surface area (Å²) in [6, 6.07) is 10.5. The molecule has 0 bridgehead atoms. The summed E-state index contributed by atoms with van der Waals surface area (Å²) in [7, 11) is 0. The van der Waals surface area contributed by atoms with Gasteiger partial charge in [0.05, 0.1) is 0 Å². The van der Waals surface area contributed by atoms with Gasteiger partial charge >= 0.3 is 0 Å². The molecule has 2 aliphatic rings. The van der Waals surface area contributed by atoms with Crippen LogP contribution in [0.5, 0.6) is 0 Å². The summed E-state index contributed by atoms with van der Waals surface area (Å²) < 4.78 is 1.18. The first-order valence-corrected chi connectivity index (χ1v) is 8.62. The normalized spacial score (nSPS) is 28.7. The molecule has 0 spiro atoms. The average Bonchev–Trinajstić information content (AvgIpc) is 2.63. The first kappa shape index (κ1) is 13.6. The van der Waals surface area contributed by atoms with Crippen LogP contribution in [0, 0.1) is 0 Å². The third-order valence-corrected chi connectivity index (χ3v) is 5.33. The van der Waals surface area contributed by atoms with Crippen LogP contribution in [0.1, 0.15) is 62.8 Å². The van der Waals surface area contributed by atoms with Gasteiger partial charge in [0.25, 0.3) is 0 Å². The Morgan fingerprint density at radius 1 is 0.842 bits per heavy atom. The number of rotatable bonds is 3. The molecule has 1 nitrogen and oxygen atoms in total. The highest BCUT2D eigenvalue weighted by molar-refractivity contribution is 9.10. The minimum atomic E-state index is 0.775. The Labute approximate surface area is 125 Å². The van der Waals surface area contributed by atoms with Gasteiger partial charge in [0.1, 0.15) is 0 Å². The summed E-state index contributed by atoms with van der Waals surface area (Å²) in [6.07, 6.45) is 11.2. The van der Waals surface area contributed by atoms with E-state index >= 15 is 0 Å². The van der Waals surface area contributed by atoms with Gasteiger partial charge in [0.15, 0.2) is 0 Å². The van der Waals surface area contributed by atoms with Gasteiger partial charge in [-0.25, -0.2) is 0 Å². The molecule has 104 valence electrons. The molecule has 2 saturated carbocycles. The zero-order valence-electron chi connectivity index (χ0n) is 11.6. The fourth-order valence-electron chi connectivity index (χ4n) is 3.54. The van der Waals surface area contributed by atoms with Crippen molar-refractivity contribution in [2.75, 3.05) is 0 Å². The Morgan fingerprint density at radius 3 is 2.11 bits per heavy atom. The Kier molecular flexibility index (Phi) is 4.60. The van der Waals surface area contributed by atoms with Crippen LogP contribution in [0.4, 0.5) is 0 Å². The van der Waals surface area contributed by atoms with Gasteiger partial charge in [0, 0.05) is 16.6 Å². The Hall–Kier alpha value is -0.340. The predicted molar refractivity (Wildman–Crippen MR) is 84.5 cm³/mol. The molecule has 19 heavy (non-hydrogen) atoms. The summed E-state index contributed by atoms with van der Waals surface area (Å²) in [6.45, 7) is 0. The summed E-state index contributed by atoms with van der Waals surface area (Å²) in [5.41, 5.74) is 1.52. The fourth-order valence-corrected chi connectivity index (χ4v) is 3.80. The lowest BCUT2D eigenvalue weighted by atomic mass is 9.75. The third kappa shape index (κ3) is 3.61. The van der Waals surface area contributed by atoms with Crippen molar-refractivity contribution in [3.05, 3.63) is 34.3 Å². The standard InChI is InChI=1S/C17H24BrN/c18-15-9-7-13(8-10-15)14-11-17(12-14)19-16-5-3-1-2-4-6-16/h7-10,14,16-17,19H,1-6,11-12H2. The van der Waals surface area contributed by atoms with Crippen molar-refractivity contribution in [2.45, 2.75) is 69.4 Å². The van der Waals surface area contributed by atoms with Gasteiger partial charge in [-0.05, 0) is 49.3 Å². The van der Waals surface area contributed by atoms with Crippen LogP contribution in [-0.4, -0.2) is 12.1 Å². The first-order chi connectivity index (χ1) is 9.31. The quantitative estimate of drug-likeness (QED) is 0.772. The van der Waals surface area contributed by atoms with Crippen LogP contribution in [0.2, 0.25) is 0 Å². The zero-order chi connectivity index (χ0) is 13.1. The van der Waals surface area contributed by atoms with E-state index in [-0.39, 0.29) is 0 Å². The van der Waals surface area contributed by atoms with E-state index in [1.165, 1.54) is 61.4 Å². The lowest BCUT2D eigenvalue weighted by Gasteiger charge is -2.38. The number of hydrogen-bond acceptors (Lipinski definition) is 1. The number of hydrogen-bond donors (Lipinski definition) is 1. The predicted octanol–water partition coefficient (Wildman–Crippen LogP) is 5.01. The Bertz CT molecular complexity index is 386. The second-order valence-electron chi connectivity index (χ2n) is 6.27. The number of benzene rings is 1. The molecule has 3 rings (SSSR count). The second-order valence-corrected chi connectivity index (χ2v) is 7.19. The molecule has 0 unspecified atom stereocenters. The molecule has 1 aromatic rings. The maximum Gasteiger partial charge on any atom is 0.0175 e. The Balaban J connectivity index is 1.45. The molecule has 2 aliphatic carbocycles. The van der Waals surface area contributed by atoms with Crippen molar-refractivity contribution in [1.82, 2.24) is 5.32 Å². The van der Waals surface area contributed by atoms with E-state index in [1.807, 2.05) is 0 Å². The lowest BCUT2D eigenvalue weighted by Crippen LogP contribution is -2.45. The molecular formula is C17H24BrN. The molecule has 1 N–H and O–H groups in total. The molecule has 0 radical (unpaired) electrons. The van der Waals surface area contributed by atoms with Gasteiger partial charge in [-0.1, -0.05) is 53.7 Å². The average molecular weight is 322 g/mol. The second kappa shape index (κ2) is 6.41. The number of halogens is 1. The van der Waals surface area contributed by atoms with E-state index in [2.05, 4.69) is 45.5 Å². The monoisotopic (exact) mass is 321 g/mol. The van der Waals surface area contributed by atoms with Crippen LogP contribution in [0.3, 0.4) is 0 Å². The van der Waals surface area contributed by atoms with E-state index in [9.17, 15) is 0 Å².